The fourth-order valence-corrected chi connectivity index (χ4v) is 6.01. The second kappa shape index (κ2) is 12.2. The summed E-state index contributed by atoms with van der Waals surface area (Å²) in [7, 11) is 0. The molecule has 4 aromatic rings. The quantitative estimate of drug-likeness (QED) is 0.188. The molecule has 0 aromatic heterocycles. The number of carbonyl (C=O) groups is 4. The molecule has 216 valence electrons. The van der Waals surface area contributed by atoms with Crippen molar-refractivity contribution < 1.29 is 28.7 Å². The molecule has 0 amide bonds. The van der Waals surface area contributed by atoms with Gasteiger partial charge < -0.3 is 9.47 Å². The van der Waals surface area contributed by atoms with Crippen molar-refractivity contribution in [2.24, 2.45) is 5.92 Å². The maximum absolute atomic E-state index is 13.2. The van der Waals surface area contributed by atoms with E-state index in [4.69, 9.17) is 9.47 Å². The van der Waals surface area contributed by atoms with E-state index in [9.17, 15) is 19.2 Å². The number of ketones is 2. The van der Waals surface area contributed by atoms with E-state index in [1.54, 1.807) is 48.5 Å². The first kappa shape index (κ1) is 28.3. The van der Waals surface area contributed by atoms with Gasteiger partial charge in [0, 0.05) is 22.3 Å². The maximum Gasteiger partial charge on any atom is 0.338 e. The topological polar surface area (TPSA) is 86.7 Å². The van der Waals surface area contributed by atoms with E-state index >= 15 is 0 Å². The average molecular weight is 573 g/mol. The molecule has 6 heteroatoms. The molecular formula is C37H32O6. The minimum atomic E-state index is -0.843. The van der Waals surface area contributed by atoms with Gasteiger partial charge in [0.1, 0.15) is 6.61 Å². The SMILES string of the molecule is CC1CCC(c2ccc(C(=O)OC(COC(=O)c3ccc4c(c3)C(=O)c3ccccc3C4=O)c3ccccc3)cc2)CC1. The molecule has 0 radical (unpaired) electrons. The third-order valence-corrected chi connectivity index (χ3v) is 8.58. The molecule has 4 aromatic carbocycles. The Morgan fingerprint density at radius 1 is 0.674 bits per heavy atom. The van der Waals surface area contributed by atoms with Crippen molar-refractivity contribution in [1.29, 1.82) is 0 Å². The molecule has 1 fully saturated rings. The van der Waals surface area contributed by atoms with Crippen LogP contribution in [0.5, 0.6) is 0 Å². The van der Waals surface area contributed by atoms with Crippen LogP contribution in [0.2, 0.25) is 0 Å². The smallest absolute Gasteiger partial charge is 0.338 e. The Kier molecular flexibility index (Phi) is 8.01. The first-order valence-corrected chi connectivity index (χ1v) is 14.7. The Labute approximate surface area is 250 Å². The number of benzene rings is 4. The number of esters is 2. The van der Waals surface area contributed by atoms with Crippen molar-refractivity contribution in [3.63, 3.8) is 0 Å². The fraction of sp³-hybridized carbons (Fsp3) is 0.243. The first-order valence-electron chi connectivity index (χ1n) is 14.7. The second-order valence-corrected chi connectivity index (χ2v) is 11.4. The summed E-state index contributed by atoms with van der Waals surface area (Å²) in [4.78, 5) is 52.3. The Balaban J connectivity index is 1.15. The number of ether oxygens (including phenoxy) is 2. The van der Waals surface area contributed by atoms with Gasteiger partial charge in [0.25, 0.3) is 0 Å². The lowest BCUT2D eigenvalue weighted by molar-refractivity contribution is -0.00134. The van der Waals surface area contributed by atoms with E-state index in [0.29, 0.717) is 28.2 Å². The highest BCUT2D eigenvalue weighted by molar-refractivity contribution is 6.28. The summed E-state index contributed by atoms with van der Waals surface area (Å²) in [6, 6.07) is 27.7. The molecule has 0 saturated heterocycles. The van der Waals surface area contributed by atoms with Gasteiger partial charge in [-0.05, 0) is 66.1 Å². The van der Waals surface area contributed by atoms with Crippen LogP contribution in [-0.2, 0) is 9.47 Å². The predicted molar refractivity (Wildman–Crippen MR) is 161 cm³/mol. The van der Waals surface area contributed by atoms with Gasteiger partial charge in [-0.15, -0.1) is 0 Å². The van der Waals surface area contributed by atoms with Crippen LogP contribution in [0.25, 0.3) is 0 Å². The van der Waals surface area contributed by atoms with Crippen molar-refractivity contribution in [3.05, 3.63) is 142 Å². The third-order valence-electron chi connectivity index (χ3n) is 8.58. The monoisotopic (exact) mass is 572 g/mol. The van der Waals surface area contributed by atoms with Crippen molar-refractivity contribution >= 4 is 23.5 Å². The number of carbonyl (C=O) groups excluding carboxylic acids is 4. The van der Waals surface area contributed by atoms with Crippen LogP contribution in [0.1, 0.15) is 108 Å². The van der Waals surface area contributed by atoms with Crippen LogP contribution < -0.4 is 0 Å². The molecule has 0 spiro atoms. The molecule has 1 unspecified atom stereocenters. The molecule has 2 aliphatic carbocycles. The van der Waals surface area contributed by atoms with E-state index in [0.717, 1.165) is 18.8 Å². The molecule has 1 saturated carbocycles. The first-order chi connectivity index (χ1) is 20.9. The van der Waals surface area contributed by atoms with Gasteiger partial charge in [-0.1, -0.05) is 86.5 Å². The Morgan fingerprint density at radius 3 is 1.93 bits per heavy atom. The number of hydrogen-bond acceptors (Lipinski definition) is 6. The predicted octanol–water partition coefficient (Wildman–Crippen LogP) is 7.51. The van der Waals surface area contributed by atoms with Gasteiger partial charge in [-0.3, -0.25) is 9.59 Å². The number of hydrogen-bond donors (Lipinski definition) is 0. The van der Waals surface area contributed by atoms with E-state index in [1.165, 1.54) is 36.6 Å². The summed E-state index contributed by atoms with van der Waals surface area (Å²) in [6.07, 6.45) is 3.92. The summed E-state index contributed by atoms with van der Waals surface area (Å²) < 4.78 is 11.5. The lowest BCUT2D eigenvalue weighted by Crippen LogP contribution is -2.22. The number of rotatable bonds is 7. The van der Waals surface area contributed by atoms with Gasteiger partial charge in [0.2, 0.25) is 0 Å². The van der Waals surface area contributed by atoms with Gasteiger partial charge >= 0.3 is 11.9 Å². The van der Waals surface area contributed by atoms with Crippen LogP contribution in [0.3, 0.4) is 0 Å². The molecular weight excluding hydrogens is 540 g/mol. The van der Waals surface area contributed by atoms with Crippen molar-refractivity contribution in [2.75, 3.05) is 6.61 Å². The number of fused-ring (bicyclic) bond motifs is 2. The largest absolute Gasteiger partial charge is 0.458 e. The Morgan fingerprint density at radius 2 is 1.26 bits per heavy atom. The van der Waals surface area contributed by atoms with Gasteiger partial charge in [-0.2, -0.15) is 0 Å². The molecule has 43 heavy (non-hydrogen) atoms. The van der Waals surface area contributed by atoms with Gasteiger partial charge in [0.15, 0.2) is 17.7 Å². The van der Waals surface area contributed by atoms with Crippen LogP contribution >= 0.6 is 0 Å². The normalized spacial score (nSPS) is 18.3. The van der Waals surface area contributed by atoms with Gasteiger partial charge in [0.05, 0.1) is 11.1 Å². The van der Waals surface area contributed by atoms with Crippen LogP contribution in [0, 0.1) is 5.92 Å². The summed E-state index contributed by atoms with van der Waals surface area (Å²) >= 11 is 0. The molecule has 6 nitrogen and oxygen atoms in total. The summed E-state index contributed by atoms with van der Waals surface area (Å²) in [5, 5.41) is 0. The molecule has 2 aliphatic rings. The van der Waals surface area contributed by atoms with E-state index in [-0.39, 0.29) is 34.9 Å². The zero-order valence-corrected chi connectivity index (χ0v) is 24.0. The van der Waals surface area contributed by atoms with E-state index in [2.05, 4.69) is 6.92 Å². The zero-order chi connectivity index (χ0) is 29.9. The molecule has 1 atom stereocenters. The lowest BCUT2D eigenvalue weighted by Gasteiger charge is -2.26. The molecule has 0 heterocycles. The minimum Gasteiger partial charge on any atom is -0.458 e. The Hall–Kier alpha value is -4.84. The molecule has 0 bridgehead atoms. The lowest BCUT2D eigenvalue weighted by atomic mass is 9.79. The van der Waals surface area contributed by atoms with Crippen LogP contribution in [0.15, 0.2) is 97.1 Å². The fourth-order valence-electron chi connectivity index (χ4n) is 6.01. The van der Waals surface area contributed by atoms with E-state index in [1.807, 2.05) is 30.3 Å². The zero-order valence-electron chi connectivity index (χ0n) is 24.0. The standard InChI is InChI=1S/C37H32O6/c1-23-11-13-24(14-12-23)25-15-17-27(18-16-25)37(41)43-33(26-7-3-2-4-8-26)22-42-36(40)28-19-20-31-32(21-28)35(39)30-10-6-5-9-29(30)34(31)38/h2-10,15-21,23-24,33H,11-14,22H2,1H3. The highest BCUT2D eigenvalue weighted by Gasteiger charge is 2.30. The third kappa shape index (κ3) is 5.91. The minimum absolute atomic E-state index is 0.130. The molecule has 0 N–H and O–H groups in total. The van der Waals surface area contributed by atoms with Crippen molar-refractivity contribution in [2.45, 2.75) is 44.6 Å². The molecule has 0 aliphatic heterocycles. The maximum atomic E-state index is 13.2. The summed E-state index contributed by atoms with van der Waals surface area (Å²) in [6.45, 7) is 2.07. The van der Waals surface area contributed by atoms with Crippen LogP contribution in [-0.4, -0.2) is 30.1 Å². The summed E-state index contributed by atoms with van der Waals surface area (Å²) in [5.74, 6) is -0.492. The average Bonchev–Trinajstić information content (AvgIpc) is 3.06. The molecule has 6 rings (SSSR count). The highest BCUT2D eigenvalue weighted by Crippen LogP contribution is 2.35. The van der Waals surface area contributed by atoms with E-state index < -0.39 is 18.0 Å². The summed E-state index contributed by atoms with van der Waals surface area (Å²) in [5.41, 5.74) is 3.55. The van der Waals surface area contributed by atoms with Crippen molar-refractivity contribution in [3.8, 4) is 0 Å². The van der Waals surface area contributed by atoms with Crippen molar-refractivity contribution in [1.82, 2.24) is 0 Å². The second-order valence-electron chi connectivity index (χ2n) is 11.4. The highest BCUT2D eigenvalue weighted by atomic mass is 16.6. The Bertz CT molecular complexity index is 1680. The van der Waals surface area contributed by atoms with Gasteiger partial charge in [-0.25, -0.2) is 9.59 Å². The van der Waals surface area contributed by atoms with Crippen LogP contribution in [0.4, 0.5) is 0 Å².